The molecule has 154 valence electrons. The lowest BCUT2D eigenvalue weighted by Gasteiger charge is -2.07. The average molecular weight is 443 g/mol. The Bertz CT molecular complexity index is 1310. The molecular formula is C19H18N6O3S2. The van der Waals surface area contributed by atoms with Crippen LogP contribution in [0.15, 0.2) is 64.4 Å². The van der Waals surface area contributed by atoms with E-state index in [1.54, 1.807) is 60.2 Å². The fourth-order valence-corrected chi connectivity index (χ4v) is 5.09. The zero-order chi connectivity index (χ0) is 21.3. The summed E-state index contributed by atoms with van der Waals surface area (Å²) in [5.41, 5.74) is 1.79. The van der Waals surface area contributed by atoms with Gasteiger partial charge in [-0.15, -0.1) is 0 Å². The monoisotopic (exact) mass is 442 g/mol. The average Bonchev–Trinajstić information content (AvgIpc) is 3.41. The van der Waals surface area contributed by atoms with E-state index in [9.17, 15) is 13.2 Å². The number of hydrogen-bond donors (Lipinski definition) is 1. The van der Waals surface area contributed by atoms with Crippen molar-refractivity contribution in [2.45, 2.75) is 15.6 Å². The van der Waals surface area contributed by atoms with E-state index in [0.29, 0.717) is 16.4 Å². The molecule has 4 aromatic rings. The normalized spacial score (nSPS) is 11.5. The number of carbonyl (C=O) groups is 1. The largest absolute Gasteiger partial charge is 0.354 e. The first-order valence-electron chi connectivity index (χ1n) is 8.89. The van der Waals surface area contributed by atoms with Gasteiger partial charge in [0, 0.05) is 38.9 Å². The summed E-state index contributed by atoms with van der Waals surface area (Å²) in [4.78, 5) is 26.6. The van der Waals surface area contributed by atoms with Gasteiger partial charge >= 0.3 is 0 Å². The van der Waals surface area contributed by atoms with Crippen molar-refractivity contribution in [3.8, 4) is 0 Å². The van der Waals surface area contributed by atoms with Crippen molar-refractivity contribution in [1.82, 2.24) is 24.7 Å². The van der Waals surface area contributed by atoms with Gasteiger partial charge in [-0.25, -0.2) is 18.4 Å². The van der Waals surface area contributed by atoms with Crippen molar-refractivity contribution in [1.29, 1.82) is 0 Å². The topological polar surface area (TPSA) is 110 Å². The smallest absolute Gasteiger partial charge is 0.253 e. The van der Waals surface area contributed by atoms with Crippen molar-refractivity contribution < 1.29 is 13.2 Å². The van der Waals surface area contributed by atoms with E-state index in [0.717, 1.165) is 17.0 Å². The van der Waals surface area contributed by atoms with Gasteiger partial charge in [0.05, 0.1) is 28.9 Å². The van der Waals surface area contributed by atoms with Crippen LogP contribution in [0, 0.1) is 0 Å². The highest BCUT2D eigenvalue weighted by Crippen LogP contribution is 2.29. The number of amides is 1. The Morgan fingerprint density at radius 3 is 2.67 bits per heavy atom. The van der Waals surface area contributed by atoms with Crippen LogP contribution in [0.4, 0.5) is 5.13 Å². The summed E-state index contributed by atoms with van der Waals surface area (Å²) >= 11 is 1.10. The molecule has 0 aromatic carbocycles. The summed E-state index contributed by atoms with van der Waals surface area (Å²) in [6.07, 6.45) is 7.75. The van der Waals surface area contributed by atoms with Gasteiger partial charge in [0.25, 0.3) is 5.91 Å². The standard InChI is InChI=1S/C19H18N6O3S2/c1-24(2)19-23-11-17(29-19)30(27,28)15-5-4-14(21-10-15)9-22-18(26)13-3-6-16-20-7-8-25(16)12-13/h3-8,10-12H,9H2,1-2H3,(H,22,26). The van der Waals surface area contributed by atoms with Gasteiger partial charge in [0.2, 0.25) is 9.84 Å². The molecule has 0 aliphatic carbocycles. The number of aromatic nitrogens is 4. The van der Waals surface area contributed by atoms with E-state index in [1.807, 2.05) is 0 Å². The van der Waals surface area contributed by atoms with Crippen molar-refractivity contribution in [2.24, 2.45) is 0 Å². The highest BCUT2D eigenvalue weighted by Gasteiger charge is 2.22. The lowest BCUT2D eigenvalue weighted by Crippen LogP contribution is -2.23. The van der Waals surface area contributed by atoms with Gasteiger partial charge in [-0.1, -0.05) is 11.3 Å². The van der Waals surface area contributed by atoms with Crippen LogP contribution in [0.1, 0.15) is 16.1 Å². The predicted molar refractivity (Wildman–Crippen MR) is 112 cm³/mol. The van der Waals surface area contributed by atoms with E-state index in [2.05, 4.69) is 20.3 Å². The molecular weight excluding hydrogens is 424 g/mol. The van der Waals surface area contributed by atoms with Gasteiger partial charge in [0.1, 0.15) is 9.86 Å². The summed E-state index contributed by atoms with van der Waals surface area (Å²) in [6.45, 7) is 0.173. The van der Waals surface area contributed by atoms with Crippen LogP contribution < -0.4 is 10.2 Å². The summed E-state index contributed by atoms with van der Waals surface area (Å²) in [5.74, 6) is -0.259. The number of thiazole rings is 1. The van der Waals surface area contributed by atoms with E-state index in [-0.39, 0.29) is 21.6 Å². The number of rotatable bonds is 6. The zero-order valence-corrected chi connectivity index (χ0v) is 17.8. The molecule has 0 aliphatic heterocycles. The third-order valence-corrected chi connectivity index (χ3v) is 7.67. The van der Waals surface area contributed by atoms with Gasteiger partial charge in [0.15, 0.2) is 5.13 Å². The molecule has 0 saturated carbocycles. The molecule has 0 fully saturated rings. The highest BCUT2D eigenvalue weighted by molar-refractivity contribution is 7.93. The molecule has 1 amide bonds. The Hall–Kier alpha value is -3.31. The lowest BCUT2D eigenvalue weighted by molar-refractivity contribution is 0.0950. The van der Waals surface area contributed by atoms with Crippen LogP contribution in [0.5, 0.6) is 0 Å². The molecule has 1 N–H and O–H groups in total. The molecule has 4 aromatic heterocycles. The van der Waals surface area contributed by atoms with Crippen molar-refractivity contribution in [3.05, 3.63) is 66.5 Å². The molecule has 11 heteroatoms. The Balaban J connectivity index is 1.44. The number of imidazole rings is 1. The van der Waals surface area contributed by atoms with Crippen LogP contribution in [0.2, 0.25) is 0 Å². The second kappa shape index (κ2) is 7.84. The molecule has 0 saturated heterocycles. The SMILES string of the molecule is CN(C)c1ncc(S(=O)(=O)c2ccc(CNC(=O)c3ccc4nccn4c3)nc2)s1. The number of hydrogen-bond acceptors (Lipinski definition) is 8. The maximum Gasteiger partial charge on any atom is 0.253 e. The molecule has 4 heterocycles. The van der Waals surface area contributed by atoms with Gasteiger partial charge in [-0.2, -0.15) is 0 Å². The van der Waals surface area contributed by atoms with Gasteiger partial charge in [-0.3, -0.25) is 9.78 Å². The first kappa shape index (κ1) is 20.0. The maximum absolute atomic E-state index is 12.8. The molecule has 0 bridgehead atoms. The summed E-state index contributed by atoms with van der Waals surface area (Å²) in [5, 5.41) is 3.39. The van der Waals surface area contributed by atoms with Crippen molar-refractivity contribution >= 4 is 37.9 Å². The Morgan fingerprint density at radius 1 is 1.13 bits per heavy atom. The Labute approximate surface area is 177 Å². The predicted octanol–water partition coefficient (Wildman–Crippen LogP) is 2.01. The quantitative estimate of drug-likeness (QED) is 0.486. The second-order valence-corrected chi connectivity index (χ2v) is 9.82. The molecule has 4 rings (SSSR count). The third kappa shape index (κ3) is 3.89. The second-order valence-electron chi connectivity index (χ2n) is 6.64. The fourth-order valence-electron chi connectivity index (χ4n) is 2.70. The van der Waals surface area contributed by atoms with E-state index < -0.39 is 9.84 Å². The minimum absolute atomic E-state index is 0.0806. The number of carbonyl (C=O) groups excluding carboxylic acids is 1. The first-order valence-corrected chi connectivity index (χ1v) is 11.2. The summed E-state index contributed by atoms with van der Waals surface area (Å²) in [6, 6.07) is 6.52. The molecule has 0 radical (unpaired) electrons. The number of nitrogens with one attached hydrogen (secondary N) is 1. The number of anilines is 1. The van der Waals surface area contributed by atoms with Crippen LogP contribution in [-0.4, -0.2) is 47.8 Å². The molecule has 0 aliphatic rings. The minimum atomic E-state index is -3.69. The Morgan fingerprint density at radius 2 is 1.97 bits per heavy atom. The van der Waals surface area contributed by atoms with Crippen LogP contribution in [0.25, 0.3) is 5.65 Å². The van der Waals surface area contributed by atoms with Crippen LogP contribution in [-0.2, 0) is 16.4 Å². The number of fused-ring (bicyclic) bond motifs is 1. The van der Waals surface area contributed by atoms with Gasteiger partial charge in [-0.05, 0) is 24.3 Å². The molecule has 0 spiro atoms. The summed E-state index contributed by atoms with van der Waals surface area (Å²) in [7, 11) is -0.0892. The molecule has 30 heavy (non-hydrogen) atoms. The molecule has 0 unspecified atom stereocenters. The fraction of sp³-hybridized carbons (Fsp3) is 0.158. The third-order valence-electron chi connectivity index (χ3n) is 4.31. The molecule has 0 atom stereocenters. The lowest BCUT2D eigenvalue weighted by atomic mass is 10.2. The van der Waals surface area contributed by atoms with Crippen molar-refractivity contribution in [2.75, 3.05) is 19.0 Å². The highest BCUT2D eigenvalue weighted by atomic mass is 32.2. The summed E-state index contributed by atoms with van der Waals surface area (Å²) < 4.78 is 27.4. The van der Waals surface area contributed by atoms with E-state index in [1.165, 1.54) is 18.5 Å². The van der Waals surface area contributed by atoms with E-state index in [4.69, 9.17) is 0 Å². The first-order chi connectivity index (χ1) is 14.3. The Kier molecular flexibility index (Phi) is 5.22. The van der Waals surface area contributed by atoms with E-state index >= 15 is 0 Å². The number of pyridine rings is 2. The van der Waals surface area contributed by atoms with Gasteiger partial charge < -0.3 is 14.6 Å². The van der Waals surface area contributed by atoms with Crippen LogP contribution in [0.3, 0.4) is 0 Å². The minimum Gasteiger partial charge on any atom is -0.354 e. The number of sulfone groups is 1. The number of nitrogens with zero attached hydrogens (tertiary/aromatic N) is 5. The maximum atomic E-state index is 12.8. The zero-order valence-electron chi connectivity index (χ0n) is 16.2. The molecule has 9 nitrogen and oxygen atoms in total. The van der Waals surface area contributed by atoms with Crippen molar-refractivity contribution in [3.63, 3.8) is 0 Å². The van der Waals surface area contributed by atoms with Crippen LogP contribution >= 0.6 is 11.3 Å².